The Balaban J connectivity index is 1.60. The Morgan fingerprint density at radius 3 is 2.62 bits per heavy atom. The smallest absolute Gasteiger partial charge is 0.436 e. The number of amides is 1. The van der Waals surface area contributed by atoms with Crippen molar-refractivity contribution in [3.8, 4) is 0 Å². The minimum atomic E-state index is -0.695. The Labute approximate surface area is 186 Å². The van der Waals surface area contributed by atoms with E-state index in [2.05, 4.69) is 32.6 Å². The molecule has 9 nitrogen and oxygen atoms in total. The quantitative estimate of drug-likeness (QED) is 0.748. The van der Waals surface area contributed by atoms with Gasteiger partial charge in [-0.1, -0.05) is 0 Å². The summed E-state index contributed by atoms with van der Waals surface area (Å²) in [7, 11) is 2.06. The lowest BCUT2D eigenvalue weighted by Gasteiger charge is -2.34. The number of nitrogens with zero attached hydrogens (tertiary/aromatic N) is 4. The highest BCUT2D eigenvalue weighted by molar-refractivity contribution is 6.05. The maximum atomic E-state index is 14.9. The lowest BCUT2D eigenvalue weighted by molar-refractivity contribution is 0.102. The molecule has 2 aliphatic rings. The second-order valence-corrected chi connectivity index (χ2v) is 8.67. The highest BCUT2D eigenvalue weighted by atomic mass is 19.1. The zero-order valence-corrected chi connectivity index (χ0v) is 18.9. The molecular weight excluding hydrogens is 415 g/mol. The average molecular weight is 445 g/mol. The first-order valence-electron chi connectivity index (χ1n) is 10.8. The van der Waals surface area contributed by atoms with Crippen LogP contribution in [-0.2, 0) is 16.8 Å². The zero-order chi connectivity index (χ0) is 23.0. The molecule has 10 heteroatoms. The van der Waals surface area contributed by atoms with Crippen molar-refractivity contribution in [1.29, 1.82) is 0 Å². The van der Waals surface area contributed by atoms with Crippen LogP contribution in [0.5, 0.6) is 0 Å². The van der Waals surface area contributed by atoms with E-state index >= 15 is 0 Å². The molecule has 32 heavy (non-hydrogen) atoms. The number of carbonyl (C=O) groups is 2. The van der Waals surface area contributed by atoms with E-state index in [1.165, 1.54) is 12.1 Å². The SMILES string of the molecule is CCOC(=O)n1nc2c(c1NC(=O)c1ccc(N3CCN(C)CC3)cc1F)CNC2(C)C. The van der Waals surface area contributed by atoms with Crippen molar-refractivity contribution in [3.63, 3.8) is 0 Å². The Kier molecular flexibility index (Phi) is 5.91. The molecule has 1 fully saturated rings. The van der Waals surface area contributed by atoms with Crippen LogP contribution in [0.25, 0.3) is 0 Å². The largest absolute Gasteiger partial charge is 0.448 e. The second kappa shape index (κ2) is 8.51. The molecule has 0 atom stereocenters. The molecule has 2 N–H and O–H groups in total. The minimum Gasteiger partial charge on any atom is -0.448 e. The van der Waals surface area contributed by atoms with E-state index in [-0.39, 0.29) is 18.0 Å². The maximum absolute atomic E-state index is 14.9. The Morgan fingerprint density at radius 2 is 1.97 bits per heavy atom. The molecule has 2 aliphatic heterocycles. The third-order valence-corrected chi connectivity index (χ3v) is 6.02. The van der Waals surface area contributed by atoms with Crippen LogP contribution in [0, 0.1) is 5.82 Å². The summed E-state index contributed by atoms with van der Waals surface area (Å²) in [6.45, 7) is 9.55. The van der Waals surface area contributed by atoms with Crippen LogP contribution < -0.4 is 15.5 Å². The van der Waals surface area contributed by atoms with Crippen LogP contribution in [0.15, 0.2) is 18.2 Å². The van der Waals surface area contributed by atoms with Crippen molar-refractivity contribution >= 4 is 23.5 Å². The predicted molar refractivity (Wildman–Crippen MR) is 119 cm³/mol. The number of halogens is 1. The van der Waals surface area contributed by atoms with Gasteiger partial charge in [0.05, 0.1) is 23.4 Å². The summed E-state index contributed by atoms with van der Waals surface area (Å²) in [5.41, 5.74) is 1.51. The van der Waals surface area contributed by atoms with E-state index in [9.17, 15) is 14.0 Å². The topological polar surface area (TPSA) is 91.7 Å². The Bertz CT molecular complexity index is 1040. The molecule has 172 valence electrons. The van der Waals surface area contributed by atoms with Gasteiger partial charge >= 0.3 is 6.09 Å². The zero-order valence-electron chi connectivity index (χ0n) is 18.9. The molecule has 1 amide bonds. The highest BCUT2D eigenvalue weighted by Crippen LogP contribution is 2.35. The fourth-order valence-corrected chi connectivity index (χ4v) is 4.08. The van der Waals surface area contributed by atoms with Crippen LogP contribution in [-0.4, -0.2) is 66.5 Å². The van der Waals surface area contributed by atoms with Gasteiger partial charge in [-0.25, -0.2) is 9.18 Å². The summed E-state index contributed by atoms with van der Waals surface area (Å²) >= 11 is 0. The number of ether oxygens (including phenoxy) is 1. The number of aromatic nitrogens is 2. The lowest BCUT2D eigenvalue weighted by atomic mass is 10.0. The van der Waals surface area contributed by atoms with Crippen molar-refractivity contribution in [2.45, 2.75) is 32.9 Å². The summed E-state index contributed by atoms with van der Waals surface area (Å²) < 4.78 is 21.0. The summed E-state index contributed by atoms with van der Waals surface area (Å²) in [4.78, 5) is 29.7. The number of fused-ring (bicyclic) bond motifs is 1. The number of anilines is 2. The molecule has 1 aromatic carbocycles. The van der Waals surface area contributed by atoms with Crippen molar-refractivity contribution in [2.24, 2.45) is 0 Å². The second-order valence-electron chi connectivity index (χ2n) is 8.67. The van der Waals surface area contributed by atoms with Gasteiger partial charge in [-0.3, -0.25) is 4.79 Å². The van der Waals surface area contributed by atoms with Gasteiger partial charge in [0.25, 0.3) is 5.91 Å². The molecule has 0 unspecified atom stereocenters. The molecule has 0 spiro atoms. The van der Waals surface area contributed by atoms with Crippen molar-refractivity contribution in [2.75, 3.05) is 50.1 Å². The fraction of sp³-hybridized carbons (Fsp3) is 0.500. The molecule has 0 bridgehead atoms. The van der Waals surface area contributed by atoms with Gasteiger partial charge < -0.3 is 25.2 Å². The standard InChI is InChI=1S/C22H29FN6O3/c1-5-32-21(31)29-19(16-13-24-22(2,3)18(16)26-29)25-20(30)15-7-6-14(12-17(15)23)28-10-8-27(4)9-11-28/h6-7,12,24H,5,8-11,13H2,1-4H3,(H,25,30). The van der Waals surface area contributed by atoms with Gasteiger partial charge in [0.15, 0.2) is 0 Å². The van der Waals surface area contributed by atoms with Crippen LogP contribution in [0.2, 0.25) is 0 Å². The summed E-state index contributed by atoms with van der Waals surface area (Å²) in [5.74, 6) is -1.06. The van der Waals surface area contributed by atoms with Crippen LogP contribution in [0.3, 0.4) is 0 Å². The number of hydrogen-bond acceptors (Lipinski definition) is 7. The summed E-state index contributed by atoms with van der Waals surface area (Å²) in [6.07, 6.45) is -0.695. The van der Waals surface area contributed by atoms with Gasteiger partial charge in [-0.15, -0.1) is 4.68 Å². The summed E-state index contributed by atoms with van der Waals surface area (Å²) in [6, 6.07) is 4.62. The molecule has 0 aliphatic carbocycles. The molecule has 1 saturated heterocycles. The van der Waals surface area contributed by atoms with E-state index in [1.807, 2.05) is 13.8 Å². The maximum Gasteiger partial charge on any atom is 0.436 e. The monoisotopic (exact) mass is 444 g/mol. The van der Waals surface area contributed by atoms with Crippen LogP contribution in [0.4, 0.5) is 20.7 Å². The van der Waals surface area contributed by atoms with Crippen molar-refractivity contribution < 1.29 is 18.7 Å². The number of hydrogen-bond donors (Lipinski definition) is 2. The van der Waals surface area contributed by atoms with Gasteiger partial charge in [0.2, 0.25) is 0 Å². The van der Waals surface area contributed by atoms with Crippen molar-refractivity contribution in [3.05, 3.63) is 40.8 Å². The number of benzene rings is 1. The van der Waals surface area contributed by atoms with Gasteiger partial charge in [-0.05, 0) is 46.0 Å². The first kappa shape index (κ1) is 22.2. The van der Waals surface area contributed by atoms with E-state index in [1.54, 1.807) is 13.0 Å². The van der Waals surface area contributed by atoms with E-state index in [0.29, 0.717) is 17.8 Å². The lowest BCUT2D eigenvalue weighted by Crippen LogP contribution is -2.44. The number of carbonyl (C=O) groups excluding carboxylic acids is 2. The molecule has 0 radical (unpaired) electrons. The number of rotatable bonds is 4. The van der Waals surface area contributed by atoms with E-state index < -0.39 is 23.4 Å². The van der Waals surface area contributed by atoms with E-state index in [4.69, 9.17) is 4.74 Å². The van der Waals surface area contributed by atoms with Gasteiger partial charge in [0, 0.05) is 44.0 Å². The fourth-order valence-electron chi connectivity index (χ4n) is 4.08. The Hall–Kier alpha value is -2.98. The number of likely N-dealkylation sites (N-methyl/N-ethyl adjacent to an activating group) is 1. The predicted octanol–water partition coefficient (Wildman–Crippen LogP) is 2.37. The van der Waals surface area contributed by atoms with Crippen LogP contribution in [0.1, 0.15) is 42.4 Å². The van der Waals surface area contributed by atoms with Gasteiger partial charge in [-0.2, -0.15) is 5.10 Å². The molecule has 3 heterocycles. The molecule has 1 aromatic heterocycles. The molecular formula is C22H29FN6O3. The molecule has 2 aromatic rings. The third-order valence-electron chi connectivity index (χ3n) is 6.02. The minimum absolute atomic E-state index is 0.0987. The Morgan fingerprint density at radius 1 is 1.25 bits per heavy atom. The highest BCUT2D eigenvalue weighted by Gasteiger charge is 2.38. The first-order chi connectivity index (χ1) is 15.2. The average Bonchev–Trinajstić information content (AvgIpc) is 3.26. The normalized spacial score (nSPS) is 17.8. The molecule has 4 rings (SSSR count). The van der Waals surface area contributed by atoms with E-state index in [0.717, 1.165) is 36.5 Å². The first-order valence-corrected chi connectivity index (χ1v) is 10.8. The van der Waals surface area contributed by atoms with Gasteiger partial charge in [0.1, 0.15) is 11.6 Å². The van der Waals surface area contributed by atoms with Crippen molar-refractivity contribution in [1.82, 2.24) is 20.0 Å². The third kappa shape index (κ3) is 4.07. The molecule has 0 saturated carbocycles. The number of piperazine rings is 1. The van der Waals surface area contributed by atoms with Crippen LogP contribution >= 0.6 is 0 Å². The number of nitrogens with one attached hydrogen (secondary N) is 2. The summed E-state index contributed by atoms with van der Waals surface area (Å²) in [5, 5.41) is 10.4.